The largest absolute Gasteiger partial charge is 0.503 e. The summed E-state index contributed by atoms with van der Waals surface area (Å²) in [4.78, 5) is 54.1. The number of aromatic hydroxyl groups is 1. The molecule has 196 valence electrons. The van der Waals surface area contributed by atoms with Gasteiger partial charge in [0, 0.05) is 57.9 Å². The van der Waals surface area contributed by atoms with Crippen LogP contribution in [-0.4, -0.2) is 66.0 Å². The van der Waals surface area contributed by atoms with Gasteiger partial charge in [0.05, 0.1) is 22.7 Å². The molecule has 3 heterocycles. The summed E-state index contributed by atoms with van der Waals surface area (Å²) in [5.74, 6) is -2.60. The van der Waals surface area contributed by atoms with E-state index in [9.17, 15) is 28.7 Å². The average molecular weight is 532 g/mol. The number of fused-ring (bicyclic) bond motifs is 2. The Hall–Kier alpha value is -3.24. The second-order valence-corrected chi connectivity index (χ2v) is 10.4. The summed E-state index contributed by atoms with van der Waals surface area (Å²) in [6.07, 6.45) is 2.80. The van der Waals surface area contributed by atoms with E-state index in [1.807, 2.05) is 0 Å². The molecule has 2 aliphatic heterocycles. The van der Waals surface area contributed by atoms with Crippen LogP contribution in [0.3, 0.4) is 0 Å². The van der Waals surface area contributed by atoms with Crippen molar-refractivity contribution in [1.82, 2.24) is 9.47 Å². The van der Waals surface area contributed by atoms with Gasteiger partial charge in [-0.05, 0) is 37.0 Å². The van der Waals surface area contributed by atoms with Crippen molar-refractivity contribution in [3.05, 3.63) is 56.2 Å². The van der Waals surface area contributed by atoms with E-state index in [4.69, 9.17) is 16.3 Å². The molecule has 1 aromatic heterocycles. The molecule has 37 heavy (non-hydrogen) atoms. The lowest BCUT2D eigenvalue weighted by Crippen LogP contribution is -2.48. The van der Waals surface area contributed by atoms with Gasteiger partial charge in [0.25, 0.3) is 5.91 Å². The number of anilines is 1. The molecule has 1 aromatic carbocycles. The Labute approximate surface area is 217 Å². The first-order valence-electron chi connectivity index (χ1n) is 12.1. The first-order valence-corrected chi connectivity index (χ1v) is 12.5. The van der Waals surface area contributed by atoms with Crippen molar-refractivity contribution >= 4 is 34.9 Å². The number of halogens is 2. The highest BCUT2D eigenvalue weighted by Crippen LogP contribution is 2.53. The second-order valence-electron chi connectivity index (χ2n) is 10.0. The number of carbonyl (C=O) groups excluding carboxylic acids is 3. The van der Waals surface area contributed by atoms with Crippen molar-refractivity contribution < 1.29 is 28.6 Å². The number of Topliss-reactive ketones (excluding diaryl/α,β-unsaturated/α-hetero) is 1. The van der Waals surface area contributed by atoms with E-state index in [0.717, 1.165) is 0 Å². The number of pyridine rings is 1. The molecule has 2 amide bonds. The number of ketones is 1. The maximum atomic E-state index is 14.8. The number of hydrogen-bond acceptors (Lipinski definition) is 6. The molecular formula is C26H27ClFN3O6. The van der Waals surface area contributed by atoms with Crippen molar-refractivity contribution in [2.24, 2.45) is 5.92 Å². The first kappa shape index (κ1) is 25.4. The number of rotatable bonds is 7. The molecule has 2 fully saturated rings. The minimum absolute atomic E-state index is 0.0453. The van der Waals surface area contributed by atoms with E-state index in [-0.39, 0.29) is 46.5 Å². The third-order valence-electron chi connectivity index (χ3n) is 7.69. The number of hydrogen-bond donors (Lipinski definition) is 1. The Kier molecular flexibility index (Phi) is 6.35. The molecule has 1 saturated heterocycles. The SMILES string of the molecule is COCC1CC12CN(C)C(=O)c1c(O)c(=O)c(C(=O)CCc3cc(N4CCCC4=O)cc(Cl)c3F)cn12. The maximum absolute atomic E-state index is 14.8. The predicted molar refractivity (Wildman–Crippen MR) is 133 cm³/mol. The summed E-state index contributed by atoms with van der Waals surface area (Å²) in [5.41, 5.74) is -1.31. The van der Waals surface area contributed by atoms with Gasteiger partial charge in [-0.2, -0.15) is 0 Å². The minimum atomic E-state index is -0.936. The van der Waals surface area contributed by atoms with Crippen molar-refractivity contribution in [2.45, 2.75) is 37.6 Å². The third kappa shape index (κ3) is 4.12. The molecule has 1 saturated carbocycles. The number of methoxy groups -OCH3 is 1. The van der Waals surface area contributed by atoms with E-state index in [1.165, 1.54) is 28.1 Å². The van der Waals surface area contributed by atoms with Crippen LogP contribution in [0.2, 0.25) is 5.02 Å². The van der Waals surface area contributed by atoms with Crippen LogP contribution in [0.15, 0.2) is 23.1 Å². The van der Waals surface area contributed by atoms with Gasteiger partial charge in [-0.25, -0.2) is 4.39 Å². The number of benzene rings is 1. The van der Waals surface area contributed by atoms with E-state index in [1.54, 1.807) is 18.7 Å². The van der Waals surface area contributed by atoms with Crippen LogP contribution in [0.4, 0.5) is 10.1 Å². The van der Waals surface area contributed by atoms with Crippen molar-refractivity contribution in [2.75, 3.05) is 38.8 Å². The third-order valence-corrected chi connectivity index (χ3v) is 7.96. The van der Waals surface area contributed by atoms with Crippen LogP contribution in [0, 0.1) is 11.7 Å². The van der Waals surface area contributed by atoms with Gasteiger partial charge in [-0.3, -0.25) is 19.2 Å². The number of aryl methyl sites for hydroxylation is 1. The first-order chi connectivity index (χ1) is 17.6. The lowest BCUT2D eigenvalue weighted by molar-refractivity contribution is -0.117. The Bertz CT molecular complexity index is 1390. The molecule has 2 unspecified atom stereocenters. The number of likely N-dealkylation sites (N-methyl/N-ethyl adjacent to an activating group) is 1. The number of carbonyl (C=O) groups is 3. The zero-order valence-electron chi connectivity index (χ0n) is 20.6. The number of nitrogens with zero attached hydrogens (tertiary/aromatic N) is 3. The Morgan fingerprint density at radius 3 is 2.73 bits per heavy atom. The zero-order valence-corrected chi connectivity index (χ0v) is 21.3. The van der Waals surface area contributed by atoms with Gasteiger partial charge < -0.3 is 24.2 Å². The lowest BCUT2D eigenvalue weighted by atomic mass is 9.99. The van der Waals surface area contributed by atoms with Gasteiger partial charge in [-0.1, -0.05) is 11.6 Å². The summed E-state index contributed by atoms with van der Waals surface area (Å²) in [7, 11) is 3.17. The van der Waals surface area contributed by atoms with Crippen LogP contribution in [-0.2, 0) is 21.5 Å². The quantitative estimate of drug-likeness (QED) is 0.550. The summed E-state index contributed by atoms with van der Waals surface area (Å²) in [6, 6.07) is 2.89. The fourth-order valence-corrected chi connectivity index (χ4v) is 5.87. The molecule has 2 aromatic rings. The molecule has 3 aliphatic rings. The highest BCUT2D eigenvalue weighted by molar-refractivity contribution is 6.31. The molecule has 1 aliphatic carbocycles. The monoisotopic (exact) mass is 531 g/mol. The normalized spacial score (nSPS) is 22.6. The predicted octanol–water partition coefficient (Wildman–Crippen LogP) is 2.74. The van der Waals surface area contributed by atoms with Gasteiger partial charge in [0.1, 0.15) is 5.82 Å². The number of amides is 2. The number of aromatic nitrogens is 1. The standard InChI is InChI=1S/C26H27ClFN3O6/c1-29-13-26(10-15(26)12-37-2)31-11-17(23(34)24(35)22(31)25(29)36)19(32)6-5-14-8-16(9-18(27)21(14)28)30-7-3-4-20(30)33/h8-9,11,15,35H,3-7,10,12-13H2,1-2H3. The molecule has 0 radical (unpaired) electrons. The smallest absolute Gasteiger partial charge is 0.274 e. The fraction of sp³-hybridized carbons (Fsp3) is 0.462. The highest BCUT2D eigenvalue weighted by atomic mass is 35.5. The summed E-state index contributed by atoms with van der Waals surface area (Å²) in [5, 5.41) is 10.5. The fourth-order valence-electron chi connectivity index (χ4n) is 5.64. The molecule has 1 N–H and O–H groups in total. The Balaban J connectivity index is 1.45. The summed E-state index contributed by atoms with van der Waals surface area (Å²) < 4.78 is 21.6. The molecule has 9 nitrogen and oxygen atoms in total. The average Bonchev–Trinajstić information content (AvgIpc) is 3.35. The molecule has 5 rings (SSSR count). The minimum Gasteiger partial charge on any atom is -0.503 e. The van der Waals surface area contributed by atoms with E-state index in [2.05, 4.69) is 0 Å². The van der Waals surface area contributed by atoms with Gasteiger partial charge >= 0.3 is 0 Å². The van der Waals surface area contributed by atoms with Crippen LogP contribution in [0.5, 0.6) is 5.75 Å². The molecule has 1 spiro atoms. The molecule has 11 heteroatoms. The van der Waals surface area contributed by atoms with Crippen molar-refractivity contribution in [3.63, 3.8) is 0 Å². The second kappa shape index (κ2) is 9.25. The van der Waals surface area contributed by atoms with E-state index < -0.39 is 34.2 Å². The van der Waals surface area contributed by atoms with Crippen molar-refractivity contribution in [1.29, 1.82) is 0 Å². The van der Waals surface area contributed by atoms with Crippen molar-refractivity contribution in [3.8, 4) is 5.75 Å². The Morgan fingerprint density at radius 1 is 1.30 bits per heavy atom. The van der Waals surface area contributed by atoms with Crippen LogP contribution >= 0.6 is 11.6 Å². The summed E-state index contributed by atoms with van der Waals surface area (Å²) in [6.45, 7) is 1.28. The molecular weight excluding hydrogens is 505 g/mol. The molecule has 0 bridgehead atoms. The maximum Gasteiger partial charge on any atom is 0.274 e. The highest BCUT2D eigenvalue weighted by Gasteiger charge is 2.60. The molecule has 2 atom stereocenters. The van der Waals surface area contributed by atoms with E-state index in [0.29, 0.717) is 44.6 Å². The van der Waals surface area contributed by atoms with Gasteiger partial charge in [-0.15, -0.1) is 0 Å². The van der Waals surface area contributed by atoms with Gasteiger partial charge in [0.15, 0.2) is 17.2 Å². The Morgan fingerprint density at radius 2 is 2.05 bits per heavy atom. The lowest BCUT2D eigenvalue weighted by Gasteiger charge is -2.35. The van der Waals surface area contributed by atoms with Crippen LogP contribution in [0.25, 0.3) is 0 Å². The zero-order chi connectivity index (χ0) is 26.6. The van der Waals surface area contributed by atoms with Crippen LogP contribution < -0.4 is 10.3 Å². The summed E-state index contributed by atoms with van der Waals surface area (Å²) >= 11 is 6.08. The van der Waals surface area contributed by atoms with Gasteiger partial charge in [0.2, 0.25) is 11.3 Å². The topological polar surface area (TPSA) is 109 Å². The van der Waals surface area contributed by atoms with E-state index >= 15 is 0 Å². The number of ether oxygens (including phenoxy) is 1. The van der Waals surface area contributed by atoms with Crippen LogP contribution in [0.1, 0.15) is 52.1 Å².